The smallest absolute Gasteiger partial charge is 0.219 e. The lowest BCUT2D eigenvalue weighted by atomic mass is 10.2. The van der Waals surface area contributed by atoms with Gasteiger partial charge in [0.1, 0.15) is 5.69 Å². The summed E-state index contributed by atoms with van der Waals surface area (Å²) in [5, 5.41) is 8.45. The van der Waals surface area contributed by atoms with E-state index in [1.54, 1.807) is 10.9 Å². The molecule has 0 saturated heterocycles. The first-order valence-corrected chi connectivity index (χ1v) is 7.48. The van der Waals surface area contributed by atoms with Crippen LogP contribution in [0.5, 0.6) is 11.6 Å². The summed E-state index contributed by atoms with van der Waals surface area (Å²) in [5.74, 6) is 1.31. The van der Waals surface area contributed by atoms with Gasteiger partial charge in [0.25, 0.3) is 0 Å². The van der Waals surface area contributed by atoms with Crippen LogP contribution in [0.25, 0.3) is 0 Å². The maximum Gasteiger partial charge on any atom is 0.219 e. The van der Waals surface area contributed by atoms with E-state index >= 15 is 0 Å². The molecule has 6 heteroatoms. The third-order valence-corrected chi connectivity index (χ3v) is 4.06. The van der Waals surface area contributed by atoms with Gasteiger partial charge in [-0.3, -0.25) is 4.68 Å². The average molecular weight is 307 g/mol. The highest BCUT2D eigenvalue weighted by Gasteiger charge is 2.21. The van der Waals surface area contributed by atoms with Crippen LogP contribution in [0, 0.1) is 13.8 Å². The fourth-order valence-electron chi connectivity index (χ4n) is 2.20. The van der Waals surface area contributed by atoms with Gasteiger partial charge < -0.3 is 10.1 Å². The highest BCUT2D eigenvalue weighted by molar-refractivity contribution is 6.31. The van der Waals surface area contributed by atoms with Gasteiger partial charge in [0, 0.05) is 31.9 Å². The summed E-state index contributed by atoms with van der Waals surface area (Å²) in [7, 11) is 1.90. The summed E-state index contributed by atoms with van der Waals surface area (Å²) in [6.07, 6.45) is 4.14. The largest absolute Gasteiger partial charge is 0.435 e. The SMILES string of the molecule is Cc1nn(C)c(C)c1Oc1cc(CNC2CC2)c(Cl)cn1. The summed E-state index contributed by atoms with van der Waals surface area (Å²) in [6, 6.07) is 2.53. The summed E-state index contributed by atoms with van der Waals surface area (Å²) in [4.78, 5) is 4.25. The Bertz CT molecular complexity index is 664. The van der Waals surface area contributed by atoms with Crippen molar-refractivity contribution < 1.29 is 4.74 Å². The van der Waals surface area contributed by atoms with Gasteiger partial charge in [-0.2, -0.15) is 5.10 Å². The van der Waals surface area contributed by atoms with Crippen molar-refractivity contribution in [2.75, 3.05) is 0 Å². The lowest BCUT2D eigenvalue weighted by Gasteiger charge is -2.09. The van der Waals surface area contributed by atoms with E-state index in [9.17, 15) is 0 Å². The van der Waals surface area contributed by atoms with Crippen molar-refractivity contribution in [3.63, 3.8) is 0 Å². The molecule has 0 bridgehead atoms. The van der Waals surface area contributed by atoms with E-state index in [1.807, 2.05) is 27.0 Å². The van der Waals surface area contributed by atoms with Gasteiger partial charge in [-0.1, -0.05) is 11.6 Å². The van der Waals surface area contributed by atoms with E-state index in [2.05, 4.69) is 15.4 Å². The number of aryl methyl sites for hydroxylation is 2. The lowest BCUT2D eigenvalue weighted by molar-refractivity contribution is 0.454. The molecule has 1 aliphatic carbocycles. The molecule has 0 spiro atoms. The predicted octanol–water partition coefficient (Wildman–Crippen LogP) is 3.13. The number of ether oxygens (including phenoxy) is 1. The first-order chi connectivity index (χ1) is 10.0. The number of rotatable bonds is 5. The molecular formula is C15H19ClN4O. The van der Waals surface area contributed by atoms with E-state index < -0.39 is 0 Å². The zero-order chi connectivity index (χ0) is 15.0. The molecule has 0 aromatic carbocycles. The molecule has 2 heterocycles. The molecule has 0 unspecified atom stereocenters. The third-order valence-electron chi connectivity index (χ3n) is 3.72. The van der Waals surface area contributed by atoms with Crippen LogP contribution in [0.1, 0.15) is 29.8 Å². The average Bonchev–Trinajstić information content (AvgIpc) is 3.24. The van der Waals surface area contributed by atoms with Gasteiger partial charge in [0.15, 0.2) is 5.75 Å². The van der Waals surface area contributed by atoms with Gasteiger partial charge in [0.2, 0.25) is 5.88 Å². The first kappa shape index (κ1) is 14.4. The van der Waals surface area contributed by atoms with Crippen LogP contribution in [0.15, 0.2) is 12.3 Å². The molecule has 1 N–H and O–H groups in total. The number of hydrogen-bond donors (Lipinski definition) is 1. The number of hydrogen-bond acceptors (Lipinski definition) is 4. The van der Waals surface area contributed by atoms with Gasteiger partial charge in [0.05, 0.1) is 10.7 Å². The van der Waals surface area contributed by atoms with Gasteiger partial charge in [-0.15, -0.1) is 0 Å². The lowest BCUT2D eigenvalue weighted by Crippen LogP contribution is -2.15. The van der Waals surface area contributed by atoms with Crippen molar-refractivity contribution >= 4 is 11.6 Å². The Balaban J connectivity index is 1.79. The Morgan fingerprint density at radius 2 is 2.19 bits per heavy atom. The predicted molar refractivity (Wildman–Crippen MR) is 81.9 cm³/mol. The Morgan fingerprint density at radius 3 is 2.81 bits per heavy atom. The summed E-state index contributed by atoms with van der Waals surface area (Å²) >= 11 is 6.20. The molecule has 2 aromatic heterocycles. The Hall–Kier alpha value is -1.59. The number of nitrogens with one attached hydrogen (secondary N) is 1. The van der Waals surface area contributed by atoms with Gasteiger partial charge >= 0.3 is 0 Å². The van der Waals surface area contributed by atoms with E-state index in [0.717, 1.165) is 29.2 Å². The summed E-state index contributed by atoms with van der Waals surface area (Å²) in [5.41, 5.74) is 2.83. The molecule has 112 valence electrons. The van der Waals surface area contributed by atoms with Crippen molar-refractivity contribution in [3.8, 4) is 11.6 Å². The fraction of sp³-hybridized carbons (Fsp3) is 0.467. The highest BCUT2D eigenvalue weighted by Crippen LogP contribution is 2.29. The quantitative estimate of drug-likeness (QED) is 0.922. The highest BCUT2D eigenvalue weighted by atomic mass is 35.5. The Kier molecular flexibility index (Phi) is 3.87. The van der Waals surface area contributed by atoms with Crippen LogP contribution >= 0.6 is 11.6 Å². The molecule has 0 radical (unpaired) electrons. The molecule has 2 aromatic rings. The molecule has 0 aliphatic heterocycles. The monoisotopic (exact) mass is 306 g/mol. The van der Waals surface area contributed by atoms with Crippen LogP contribution < -0.4 is 10.1 Å². The minimum atomic E-state index is 0.547. The summed E-state index contributed by atoms with van der Waals surface area (Å²) < 4.78 is 7.70. The first-order valence-electron chi connectivity index (χ1n) is 7.10. The van der Waals surface area contributed by atoms with Gasteiger partial charge in [-0.25, -0.2) is 4.98 Å². The molecule has 0 amide bonds. The molecule has 5 nitrogen and oxygen atoms in total. The van der Waals surface area contributed by atoms with Crippen molar-refractivity contribution in [2.24, 2.45) is 7.05 Å². The minimum Gasteiger partial charge on any atom is -0.435 e. The van der Waals surface area contributed by atoms with Crippen LogP contribution in [0.4, 0.5) is 0 Å². The van der Waals surface area contributed by atoms with Crippen LogP contribution in [-0.4, -0.2) is 20.8 Å². The second-order valence-corrected chi connectivity index (χ2v) is 5.90. The number of halogens is 1. The molecule has 0 atom stereocenters. The fourth-order valence-corrected chi connectivity index (χ4v) is 2.37. The van der Waals surface area contributed by atoms with Crippen LogP contribution in [0.3, 0.4) is 0 Å². The molecule has 3 rings (SSSR count). The number of nitrogens with zero attached hydrogens (tertiary/aromatic N) is 3. The zero-order valence-corrected chi connectivity index (χ0v) is 13.2. The number of aromatic nitrogens is 3. The third kappa shape index (κ3) is 3.19. The minimum absolute atomic E-state index is 0.547. The molecular weight excluding hydrogens is 288 g/mol. The van der Waals surface area contributed by atoms with Gasteiger partial charge in [-0.05, 0) is 32.3 Å². The topological polar surface area (TPSA) is 52.0 Å². The summed E-state index contributed by atoms with van der Waals surface area (Å²) in [6.45, 7) is 4.64. The van der Waals surface area contributed by atoms with E-state index in [0.29, 0.717) is 16.9 Å². The molecule has 1 saturated carbocycles. The van der Waals surface area contributed by atoms with Crippen LogP contribution in [0.2, 0.25) is 5.02 Å². The Labute approximate surface area is 129 Å². The Morgan fingerprint density at radius 1 is 1.43 bits per heavy atom. The van der Waals surface area contributed by atoms with Crippen molar-refractivity contribution in [1.29, 1.82) is 0 Å². The maximum atomic E-state index is 6.20. The van der Waals surface area contributed by atoms with E-state index in [-0.39, 0.29) is 0 Å². The molecule has 21 heavy (non-hydrogen) atoms. The zero-order valence-electron chi connectivity index (χ0n) is 12.5. The maximum absolute atomic E-state index is 6.20. The van der Waals surface area contributed by atoms with Crippen molar-refractivity contribution in [3.05, 3.63) is 34.2 Å². The van der Waals surface area contributed by atoms with Crippen molar-refractivity contribution in [1.82, 2.24) is 20.1 Å². The second kappa shape index (κ2) is 5.66. The van der Waals surface area contributed by atoms with Crippen molar-refractivity contribution in [2.45, 2.75) is 39.3 Å². The van der Waals surface area contributed by atoms with E-state index in [4.69, 9.17) is 16.3 Å². The second-order valence-electron chi connectivity index (χ2n) is 5.49. The molecule has 1 fully saturated rings. The van der Waals surface area contributed by atoms with E-state index in [1.165, 1.54) is 12.8 Å². The number of pyridine rings is 1. The van der Waals surface area contributed by atoms with Crippen LogP contribution in [-0.2, 0) is 13.6 Å². The molecule has 1 aliphatic rings. The normalized spacial score (nSPS) is 14.5. The standard InChI is InChI=1S/C15H19ClN4O/c1-9-15(10(2)20(3)19-9)21-14-6-11(13(16)8-18-14)7-17-12-4-5-12/h6,8,12,17H,4-5,7H2,1-3H3.